The van der Waals surface area contributed by atoms with Crippen LogP contribution in [-0.4, -0.2) is 48.1 Å². The second kappa shape index (κ2) is 10.9. The highest BCUT2D eigenvalue weighted by Crippen LogP contribution is 2.25. The van der Waals surface area contributed by atoms with E-state index >= 15 is 0 Å². The van der Waals surface area contributed by atoms with E-state index in [-0.39, 0.29) is 30.9 Å². The number of thiazole rings is 1. The average molecular weight is 441 g/mol. The van der Waals surface area contributed by atoms with Crippen LogP contribution in [0.2, 0.25) is 0 Å². The molecule has 0 saturated heterocycles. The molecule has 3 rings (SSSR count). The molecule has 2 aromatic carbocycles. The van der Waals surface area contributed by atoms with Gasteiger partial charge < -0.3 is 10.6 Å². The number of nitrogens with zero attached hydrogens (tertiary/aromatic N) is 2. The second-order valence-corrected chi connectivity index (χ2v) is 8.48. The summed E-state index contributed by atoms with van der Waals surface area (Å²) in [5.74, 6) is -0.329. The van der Waals surface area contributed by atoms with Gasteiger partial charge in [0.05, 0.1) is 18.8 Å². The minimum atomic E-state index is -0.311. The lowest BCUT2D eigenvalue weighted by Gasteiger charge is -2.20. The lowest BCUT2D eigenvalue weighted by molar-refractivity contribution is -0.123. The highest BCUT2D eigenvalue weighted by atomic mass is 32.2. The lowest BCUT2D eigenvalue weighted by Crippen LogP contribution is -2.40. The van der Waals surface area contributed by atoms with Gasteiger partial charge in [-0.05, 0) is 31.0 Å². The summed E-state index contributed by atoms with van der Waals surface area (Å²) in [6.07, 6.45) is 3.69. The van der Waals surface area contributed by atoms with Crippen LogP contribution in [0.25, 0.3) is 0 Å². The molecule has 30 heavy (non-hydrogen) atoms. The molecule has 1 atom stereocenters. The first-order valence-corrected chi connectivity index (χ1v) is 11.5. The van der Waals surface area contributed by atoms with E-state index in [1.165, 1.54) is 11.3 Å². The van der Waals surface area contributed by atoms with Crippen LogP contribution in [0.5, 0.6) is 0 Å². The first-order chi connectivity index (χ1) is 14.6. The molecule has 0 spiro atoms. The van der Waals surface area contributed by atoms with E-state index in [1.807, 2.05) is 66.2 Å². The van der Waals surface area contributed by atoms with Crippen LogP contribution in [0.1, 0.15) is 16.6 Å². The van der Waals surface area contributed by atoms with Gasteiger partial charge in [0.1, 0.15) is 11.0 Å². The maximum absolute atomic E-state index is 12.7. The van der Waals surface area contributed by atoms with Crippen molar-refractivity contribution in [1.29, 1.82) is 0 Å². The molecule has 0 fully saturated rings. The van der Waals surface area contributed by atoms with E-state index in [1.54, 1.807) is 29.9 Å². The standard InChI is InChI=1S/C22H24N4O2S2/c1-26(14-19(27)24-17-10-6-7-11-18(17)29-2)15-20(28)25-21(22-23-12-13-30-22)16-8-4-3-5-9-16/h3-13,21H,14-15H2,1-2H3,(H,24,27)(H,25,28). The van der Waals surface area contributed by atoms with E-state index in [0.717, 1.165) is 21.2 Å². The van der Waals surface area contributed by atoms with Crippen molar-refractivity contribution < 1.29 is 9.59 Å². The summed E-state index contributed by atoms with van der Waals surface area (Å²) in [6, 6.07) is 17.1. The Kier molecular flexibility index (Phi) is 8.01. The number of carbonyl (C=O) groups excluding carboxylic acids is 2. The van der Waals surface area contributed by atoms with Crippen LogP contribution in [0, 0.1) is 0 Å². The molecular formula is C22H24N4O2S2. The summed E-state index contributed by atoms with van der Waals surface area (Å²) in [5.41, 5.74) is 1.75. The largest absolute Gasteiger partial charge is 0.342 e. The van der Waals surface area contributed by atoms with Gasteiger partial charge >= 0.3 is 0 Å². The van der Waals surface area contributed by atoms with Gasteiger partial charge in [-0.25, -0.2) is 4.98 Å². The molecule has 3 aromatic rings. The third-order valence-corrected chi connectivity index (χ3v) is 5.98. The number of anilines is 1. The third kappa shape index (κ3) is 6.16. The van der Waals surface area contributed by atoms with E-state index in [0.29, 0.717) is 0 Å². The highest BCUT2D eigenvalue weighted by Gasteiger charge is 2.20. The molecule has 0 radical (unpaired) electrons. The summed E-state index contributed by atoms with van der Waals surface area (Å²) in [7, 11) is 1.75. The van der Waals surface area contributed by atoms with Gasteiger partial charge in [0.15, 0.2) is 0 Å². The highest BCUT2D eigenvalue weighted by molar-refractivity contribution is 7.98. The Morgan fingerprint density at radius 2 is 1.77 bits per heavy atom. The maximum atomic E-state index is 12.7. The van der Waals surface area contributed by atoms with Gasteiger partial charge in [0.25, 0.3) is 0 Å². The van der Waals surface area contributed by atoms with Crippen LogP contribution < -0.4 is 10.6 Å². The van der Waals surface area contributed by atoms with E-state index in [9.17, 15) is 9.59 Å². The van der Waals surface area contributed by atoms with Crippen molar-refractivity contribution in [2.45, 2.75) is 10.9 Å². The number of para-hydroxylation sites is 1. The summed E-state index contributed by atoms with van der Waals surface area (Å²) in [4.78, 5) is 32.1. The molecule has 1 aromatic heterocycles. The van der Waals surface area contributed by atoms with Crippen molar-refractivity contribution in [3.8, 4) is 0 Å². The molecule has 156 valence electrons. The molecule has 2 N–H and O–H groups in total. The smallest absolute Gasteiger partial charge is 0.238 e. The molecule has 1 unspecified atom stereocenters. The van der Waals surface area contributed by atoms with Gasteiger partial charge in [0, 0.05) is 16.5 Å². The molecule has 2 amide bonds. The third-order valence-electron chi connectivity index (χ3n) is 4.34. The fourth-order valence-corrected chi connectivity index (χ4v) is 4.27. The fourth-order valence-electron chi connectivity index (χ4n) is 3.00. The molecule has 0 saturated carbocycles. The number of hydrogen-bond donors (Lipinski definition) is 2. The van der Waals surface area contributed by atoms with Crippen molar-refractivity contribution in [2.24, 2.45) is 0 Å². The molecule has 0 aliphatic carbocycles. The Hall–Kier alpha value is -2.68. The first kappa shape index (κ1) is 22.0. The summed E-state index contributed by atoms with van der Waals surface area (Å²) in [6.45, 7) is 0.218. The summed E-state index contributed by atoms with van der Waals surface area (Å²) < 4.78 is 0. The Bertz CT molecular complexity index is 964. The summed E-state index contributed by atoms with van der Waals surface area (Å²) in [5, 5.41) is 8.67. The number of amides is 2. The van der Waals surface area contributed by atoms with E-state index < -0.39 is 0 Å². The minimum absolute atomic E-state index is 0.103. The fraction of sp³-hybridized carbons (Fsp3) is 0.227. The molecule has 0 aliphatic heterocycles. The van der Waals surface area contributed by atoms with E-state index in [4.69, 9.17) is 0 Å². The number of hydrogen-bond acceptors (Lipinski definition) is 6. The van der Waals surface area contributed by atoms with Crippen LogP contribution in [0.15, 0.2) is 71.1 Å². The monoisotopic (exact) mass is 440 g/mol. The van der Waals surface area contributed by atoms with Crippen molar-refractivity contribution in [2.75, 3.05) is 31.7 Å². The van der Waals surface area contributed by atoms with Crippen LogP contribution in [-0.2, 0) is 9.59 Å². The maximum Gasteiger partial charge on any atom is 0.238 e. The Labute approximate surface area is 184 Å². The SMILES string of the molecule is CSc1ccccc1NC(=O)CN(C)CC(=O)NC(c1ccccc1)c1nccs1. The van der Waals surface area contributed by atoms with Gasteiger partial charge in [-0.2, -0.15) is 0 Å². The van der Waals surface area contributed by atoms with Crippen molar-refractivity contribution in [3.05, 3.63) is 76.7 Å². The number of thioether (sulfide) groups is 1. The molecule has 1 heterocycles. The number of carbonyl (C=O) groups is 2. The van der Waals surface area contributed by atoms with Crippen LogP contribution in [0.4, 0.5) is 5.69 Å². The molecule has 8 heteroatoms. The number of rotatable bonds is 9. The minimum Gasteiger partial charge on any atom is -0.342 e. The Balaban J connectivity index is 1.57. The number of aromatic nitrogens is 1. The van der Waals surface area contributed by atoms with Gasteiger partial charge in [-0.3, -0.25) is 14.5 Å². The van der Waals surface area contributed by atoms with Crippen LogP contribution >= 0.6 is 23.1 Å². The van der Waals surface area contributed by atoms with Gasteiger partial charge in [0.2, 0.25) is 11.8 Å². The van der Waals surface area contributed by atoms with Crippen molar-refractivity contribution in [1.82, 2.24) is 15.2 Å². The zero-order valence-corrected chi connectivity index (χ0v) is 18.5. The molecule has 0 aliphatic rings. The predicted molar refractivity (Wildman–Crippen MR) is 123 cm³/mol. The van der Waals surface area contributed by atoms with Gasteiger partial charge in [-0.1, -0.05) is 42.5 Å². The lowest BCUT2D eigenvalue weighted by atomic mass is 10.1. The zero-order chi connectivity index (χ0) is 21.3. The van der Waals surface area contributed by atoms with Crippen molar-refractivity contribution in [3.63, 3.8) is 0 Å². The predicted octanol–water partition coefficient (Wildman–Crippen LogP) is 3.64. The molecule has 0 bridgehead atoms. The first-order valence-electron chi connectivity index (χ1n) is 9.42. The Morgan fingerprint density at radius 3 is 2.47 bits per heavy atom. The number of benzene rings is 2. The quantitative estimate of drug-likeness (QED) is 0.497. The average Bonchev–Trinajstić information content (AvgIpc) is 3.27. The zero-order valence-electron chi connectivity index (χ0n) is 16.9. The normalized spacial score (nSPS) is 11.8. The van der Waals surface area contributed by atoms with Crippen molar-refractivity contribution >= 4 is 40.6 Å². The topological polar surface area (TPSA) is 74.3 Å². The number of likely N-dealkylation sites (N-methyl/N-ethyl adjacent to an activating group) is 1. The second-order valence-electron chi connectivity index (χ2n) is 6.70. The van der Waals surface area contributed by atoms with Gasteiger partial charge in [-0.15, -0.1) is 23.1 Å². The molecular weight excluding hydrogens is 416 g/mol. The van der Waals surface area contributed by atoms with Crippen LogP contribution in [0.3, 0.4) is 0 Å². The van der Waals surface area contributed by atoms with E-state index in [2.05, 4.69) is 15.6 Å². The Morgan fingerprint density at radius 1 is 1.07 bits per heavy atom. The summed E-state index contributed by atoms with van der Waals surface area (Å²) >= 11 is 3.07. The number of nitrogens with one attached hydrogen (secondary N) is 2. The molecule has 6 nitrogen and oxygen atoms in total.